The Morgan fingerprint density at radius 1 is 1.29 bits per heavy atom. The van der Waals surface area contributed by atoms with E-state index in [4.69, 9.17) is 10.5 Å². The highest BCUT2D eigenvalue weighted by molar-refractivity contribution is 7.98. The Morgan fingerprint density at radius 2 is 2.00 bits per heavy atom. The molecule has 5 nitrogen and oxygen atoms in total. The van der Waals surface area contributed by atoms with Crippen LogP contribution in [0.4, 0.5) is 5.95 Å². The Bertz CT molecular complexity index is 605. The molecule has 2 N–H and O–H groups in total. The molecule has 0 radical (unpaired) electrons. The molecule has 2 aromatic rings. The number of nitrogen functional groups attached to an aromatic ring is 1. The second-order valence-electron chi connectivity index (χ2n) is 5.54. The topological polar surface area (TPSA) is 66.0 Å². The molecule has 0 amide bonds. The van der Waals surface area contributed by atoms with Crippen molar-refractivity contribution in [1.82, 2.24) is 14.8 Å². The normalized spacial score (nSPS) is 14.6. The van der Waals surface area contributed by atoms with E-state index in [-0.39, 0.29) is 6.10 Å². The van der Waals surface area contributed by atoms with E-state index in [1.165, 1.54) is 18.4 Å². The first kappa shape index (κ1) is 14.3. The minimum atomic E-state index is 0.199. The Labute approximate surface area is 128 Å². The first-order valence-electron chi connectivity index (χ1n) is 7.22. The van der Waals surface area contributed by atoms with Gasteiger partial charge in [0.05, 0.1) is 6.10 Å². The number of ether oxygens (including phenoxy) is 1. The predicted molar refractivity (Wildman–Crippen MR) is 84.5 cm³/mol. The van der Waals surface area contributed by atoms with E-state index in [2.05, 4.69) is 26.9 Å². The molecule has 1 fully saturated rings. The van der Waals surface area contributed by atoms with Crippen LogP contribution in [0, 0.1) is 0 Å². The summed E-state index contributed by atoms with van der Waals surface area (Å²) in [6, 6.07) is 8.70. The van der Waals surface area contributed by atoms with Crippen LogP contribution in [0.3, 0.4) is 0 Å². The molecule has 112 valence electrons. The largest absolute Gasteiger partial charge is 0.491 e. The summed E-state index contributed by atoms with van der Waals surface area (Å²) in [4.78, 5) is 0. The van der Waals surface area contributed by atoms with Crippen molar-refractivity contribution in [2.45, 2.75) is 49.7 Å². The molecule has 0 aliphatic heterocycles. The van der Waals surface area contributed by atoms with Gasteiger partial charge in [0.2, 0.25) is 5.95 Å². The van der Waals surface area contributed by atoms with Gasteiger partial charge in [0, 0.05) is 11.8 Å². The van der Waals surface area contributed by atoms with Crippen LogP contribution in [0.2, 0.25) is 0 Å². The number of nitrogens with two attached hydrogens (primary N) is 1. The number of benzene rings is 1. The number of hydrogen-bond donors (Lipinski definition) is 1. The minimum absolute atomic E-state index is 0.199. The molecule has 1 heterocycles. The molecule has 3 rings (SSSR count). The molecule has 1 saturated carbocycles. The van der Waals surface area contributed by atoms with Crippen LogP contribution in [0.1, 0.15) is 38.3 Å². The first-order valence-corrected chi connectivity index (χ1v) is 8.21. The van der Waals surface area contributed by atoms with Crippen LogP contribution in [0.15, 0.2) is 29.4 Å². The highest BCUT2D eigenvalue weighted by atomic mass is 32.2. The van der Waals surface area contributed by atoms with E-state index in [0.717, 1.165) is 16.7 Å². The average molecular weight is 304 g/mol. The van der Waals surface area contributed by atoms with E-state index in [0.29, 0.717) is 12.0 Å². The lowest BCUT2D eigenvalue weighted by atomic mass is 10.2. The quantitative estimate of drug-likeness (QED) is 0.830. The number of aromatic nitrogens is 3. The highest BCUT2D eigenvalue weighted by Crippen LogP contribution is 2.39. The van der Waals surface area contributed by atoms with Crippen LogP contribution in [0.25, 0.3) is 0 Å². The van der Waals surface area contributed by atoms with Crippen molar-refractivity contribution < 1.29 is 4.74 Å². The van der Waals surface area contributed by atoms with Crippen LogP contribution in [-0.2, 0) is 5.75 Å². The lowest BCUT2D eigenvalue weighted by Gasteiger charge is -2.10. The molecule has 0 atom stereocenters. The molecule has 0 bridgehead atoms. The van der Waals surface area contributed by atoms with Crippen molar-refractivity contribution >= 4 is 17.7 Å². The van der Waals surface area contributed by atoms with Gasteiger partial charge in [0.1, 0.15) is 5.75 Å². The standard InChI is InChI=1S/C15H20N4OS/c1-10(2)20-13-7-3-11(4-8-13)9-21-15-18-17-14(16)19(15)12-5-6-12/h3-4,7-8,10,12H,5-6,9H2,1-2H3,(H2,16,17). The van der Waals surface area contributed by atoms with Gasteiger partial charge in [0.15, 0.2) is 5.16 Å². The summed E-state index contributed by atoms with van der Waals surface area (Å²) in [6.45, 7) is 4.05. The van der Waals surface area contributed by atoms with Gasteiger partial charge in [-0.3, -0.25) is 4.57 Å². The number of anilines is 1. The summed E-state index contributed by atoms with van der Waals surface area (Å²) in [5.74, 6) is 2.29. The zero-order chi connectivity index (χ0) is 14.8. The molecule has 6 heteroatoms. The van der Waals surface area contributed by atoms with Gasteiger partial charge >= 0.3 is 0 Å². The molecule has 0 spiro atoms. The molecular formula is C15H20N4OS. The van der Waals surface area contributed by atoms with Gasteiger partial charge in [-0.25, -0.2) is 0 Å². The van der Waals surface area contributed by atoms with E-state index in [1.54, 1.807) is 11.8 Å². The van der Waals surface area contributed by atoms with Crippen molar-refractivity contribution in [1.29, 1.82) is 0 Å². The van der Waals surface area contributed by atoms with E-state index in [9.17, 15) is 0 Å². The van der Waals surface area contributed by atoms with Crippen LogP contribution < -0.4 is 10.5 Å². The lowest BCUT2D eigenvalue weighted by Crippen LogP contribution is -2.05. The molecular weight excluding hydrogens is 284 g/mol. The summed E-state index contributed by atoms with van der Waals surface area (Å²) >= 11 is 1.68. The summed E-state index contributed by atoms with van der Waals surface area (Å²) in [5.41, 5.74) is 7.11. The summed E-state index contributed by atoms with van der Waals surface area (Å²) < 4.78 is 7.70. The maximum Gasteiger partial charge on any atom is 0.222 e. The Hall–Kier alpha value is -1.69. The van der Waals surface area contributed by atoms with E-state index < -0.39 is 0 Å². The molecule has 0 unspecified atom stereocenters. The SMILES string of the molecule is CC(C)Oc1ccc(CSc2nnc(N)n2C2CC2)cc1. The van der Waals surface area contributed by atoms with Crippen molar-refractivity contribution in [2.24, 2.45) is 0 Å². The third-order valence-corrected chi connectivity index (χ3v) is 4.28. The minimum Gasteiger partial charge on any atom is -0.491 e. The van der Waals surface area contributed by atoms with Crippen LogP contribution >= 0.6 is 11.8 Å². The summed E-state index contributed by atoms with van der Waals surface area (Å²) in [7, 11) is 0. The third-order valence-electron chi connectivity index (χ3n) is 3.27. The van der Waals surface area contributed by atoms with E-state index >= 15 is 0 Å². The fraction of sp³-hybridized carbons (Fsp3) is 0.467. The van der Waals surface area contributed by atoms with Gasteiger partial charge in [-0.1, -0.05) is 23.9 Å². The smallest absolute Gasteiger partial charge is 0.222 e. The second kappa shape index (κ2) is 5.97. The van der Waals surface area contributed by atoms with Gasteiger partial charge in [0.25, 0.3) is 0 Å². The molecule has 1 aromatic heterocycles. The Kier molecular flexibility index (Phi) is 4.05. The second-order valence-corrected chi connectivity index (χ2v) is 6.48. The molecule has 0 saturated heterocycles. The van der Waals surface area contributed by atoms with Crippen molar-refractivity contribution in [3.63, 3.8) is 0 Å². The number of hydrogen-bond acceptors (Lipinski definition) is 5. The van der Waals surface area contributed by atoms with Crippen molar-refractivity contribution in [2.75, 3.05) is 5.73 Å². The fourth-order valence-corrected chi connectivity index (χ4v) is 3.12. The fourth-order valence-electron chi connectivity index (χ4n) is 2.15. The zero-order valence-electron chi connectivity index (χ0n) is 12.3. The van der Waals surface area contributed by atoms with Crippen LogP contribution in [-0.4, -0.2) is 20.9 Å². The van der Waals surface area contributed by atoms with Crippen molar-refractivity contribution in [3.8, 4) is 5.75 Å². The van der Waals surface area contributed by atoms with Gasteiger partial charge in [-0.15, -0.1) is 10.2 Å². The third kappa shape index (κ3) is 3.50. The average Bonchev–Trinajstić information content (AvgIpc) is 3.21. The molecule has 1 aliphatic rings. The lowest BCUT2D eigenvalue weighted by molar-refractivity contribution is 0.242. The number of thioether (sulfide) groups is 1. The molecule has 1 aliphatic carbocycles. The zero-order valence-corrected chi connectivity index (χ0v) is 13.1. The summed E-state index contributed by atoms with van der Waals surface area (Å²) in [6.07, 6.45) is 2.55. The van der Waals surface area contributed by atoms with Gasteiger partial charge in [-0.05, 0) is 44.4 Å². The Balaban J connectivity index is 1.62. The van der Waals surface area contributed by atoms with Crippen molar-refractivity contribution in [3.05, 3.63) is 29.8 Å². The molecule has 1 aromatic carbocycles. The van der Waals surface area contributed by atoms with E-state index in [1.807, 2.05) is 26.0 Å². The predicted octanol–water partition coefficient (Wildman–Crippen LogP) is 3.27. The maximum atomic E-state index is 5.88. The highest BCUT2D eigenvalue weighted by Gasteiger charge is 2.28. The summed E-state index contributed by atoms with van der Waals surface area (Å²) in [5, 5.41) is 9.08. The maximum absolute atomic E-state index is 5.88. The Morgan fingerprint density at radius 3 is 2.62 bits per heavy atom. The van der Waals surface area contributed by atoms with Gasteiger partial charge < -0.3 is 10.5 Å². The molecule has 21 heavy (non-hydrogen) atoms. The monoisotopic (exact) mass is 304 g/mol. The number of rotatable bonds is 6. The number of nitrogens with zero attached hydrogens (tertiary/aromatic N) is 3. The van der Waals surface area contributed by atoms with Crippen LogP contribution in [0.5, 0.6) is 5.75 Å². The first-order chi connectivity index (χ1) is 10.1. The van der Waals surface area contributed by atoms with Gasteiger partial charge in [-0.2, -0.15) is 0 Å².